The van der Waals surface area contributed by atoms with Crippen molar-refractivity contribution in [1.29, 1.82) is 0 Å². The van der Waals surface area contributed by atoms with Gasteiger partial charge in [0.25, 0.3) is 0 Å². The lowest BCUT2D eigenvalue weighted by Gasteiger charge is -2.46. The summed E-state index contributed by atoms with van der Waals surface area (Å²) in [5.74, 6) is 0.325. The standard InChI is InChI=1S/C21H22F2N2O2S/c1-2-26-16-6-3-13(4-7-16)19-9-14-11-28-20(24)25-21(14,12-27-19)17-8-5-15(22)10-18(17)23/h3-8,10,14,19H,2,9,11-12H2,1H3,(H2,24,25)/t14-,19+,21-/m0/s1. The van der Waals surface area contributed by atoms with Gasteiger partial charge in [-0.15, -0.1) is 0 Å². The van der Waals surface area contributed by atoms with E-state index in [0.717, 1.165) is 17.4 Å². The van der Waals surface area contributed by atoms with Gasteiger partial charge < -0.3 is 15.2 Å². The maximum atomic E-state index is 14.6. The van der Waals surface area contributed by atoms with Crippen molar-refractivity contribution in [3.05, 3.63) is 65.2 Å². The normalized spacial score (nSPS) is 27.0. The van der Waals surface area contributed by atoms with Crippen LogP contribution in [0.1, 0.15) is 30.6 Å². The summed E-state index contributed by atoms with van der Waals surface area (Å²) in [6, 6.07) is 11.5. The molecule has 2 N–H and O–H groups in total. The maximum Gasteiger partial charge on any atom is 0.154 e. The van der Waals surface area contributed by atoms with Gasteiger partial charge in [0.05, 0.1) is 19.3 Å². The molecule has 2 aromatic carbocycles. The van der Waals surface area contributed by atoms with Crippen LogP contribution in [0.5, 0.6) is 5.75 Å². The summed E-state index contributed by atoms with van der Waals surface area (Å²) >= 11 is 1.47. The van der Waals surface area contributed by atoms with Gasteiger partial charge in [0.15, 0.2) is 5.17 Å². The van der Waals surface area contributed by atoms with E-state index in [9.17, 15) is 8.78 Å². The van der Waals surface area contributed by atoms with Gasteiger partial charge in [0, 0.05) is 23.3 Å². The number of amidine groups is 1. The smallest absolute Gasteiger partial charge is 0.154 e. The number of aliphatic imine (C=N–C) groups is 1. The molecule has 4 nitrogen and oxygen atoms in total. The second kappa shape index (κ2) is 7.72. The van der Waals surface area contributed by atoms with Gasteiger partial charge in [-0.05, 0) is 37.1 Å². The van der Waals surface area contributed by atoms with Crippen molar-refractivity contribution in [3.63, 3.8) is 0 Å². The molecule has 0 aliphatic carbocycles. The first-order valence-corrected chi connectivity index (χ1v) is 10.3. The largest absolute Gasteiger partial charge is 0.494 e. The zero-order valence-corrected chi connectivity index (χ0v) is 16.3. The molecule has 2 aliphatic rings. The summed E-state index contributed by atoms with van der Waals surface area (Å²) in [6.45, 7) is 2.75. The average Bonchev–Trinajstić information content (AvgIpc) is 2.68. The highest BCUT2D eigenvalue weighted by Crippen LogP contribution is 2.49. The summed E-state index contributed by atoms with van der Waals surface area (Å²) < 4.78 is 39.7. The minimum atomic E-state index is -0.922. The third-order valence-corrected chi connectivity index (χ3v) is 6.34. The van der Waals surface area contributed by atoms with E-state index in [2.05, 4.69) is 4.99 Å². The maximum absolute atomic E-state index is 14.6. The fraction of sp³-hybridized carbons (Fsp3) is 0.381. The molecule has 0 spiro atoms. The number of thioether (sulfide) groups is 1. The van der Waals surface area contributed by atoms with E-state index in [0.29, 0.717) is 29.5 Å². The number of nitrogens with zero attached hydrogens (tertiary/aromatic N) is 1. The van der Waals surface area contributed by atoms with Gasteiger partial charge in [-0.3, -0.25) is 0 Å². The van der Waals surface area contributed by atoms with Crippen LogP contribution in [0.2, 0.25) is 0 Å². The second-order valence-corrected chi connectivity index (χ2v) is 8.08. The zero-order valence-electron chi connectivity index (χ0n) is 15.5. The number of fused-ring (bicyclic) bond motifs is 1. The minimum Gasteiger partial charge on any atom is -0.494 e. The van der Waals surface area contributed by atoms with E-state index in [1.165, 1.54) is 23.9 Å². The molecule has 0 unspecified atom stereocenters. The molecule has 0 bridgehead atoms. The molecule has 2 aliphatic heterocycles. The van der Waals surface area contributed by atoms with E-state index in [4.69, 9.17) is 15.2 Å². The number of benzene rings is 2. The average molecular weight is 404 g/mol. The van der Waals surface area contributed by atoms with Gasteiger partial charge in [-0.1, -0.05) is 30.0 Å². The van der Waals surface area contributed by atoms with E-state index < -0.39 is 17.2 Å². The molecule has 1 fully saturated rings. The molecular formula is C21H22F2N2O2S. The molecule has 2 heterocycles. The summed E-state index contributed by atoms with van der Waals surface area (Å²) in [5, 5.41) is 0.406. The van der Waals surface area contributed by atoms with Crippen molar-refractivity contribution < 1.29 is 18.3 Å². The number of rotatable bonds is 4. The second-order valence-electron chi connectivity index (χ2n) is 7.04. The topological polar surface area (TPSA) is 56.8 Å². The first-order valence-electron chi connectivity index (χ1n) is 9.30. The Labute approximate surface area is 167 Å². The fourth-order valence-corrected chi connectivity index (χ4v) is 5.00. The minimum absolute atomic E-state index is 0.0232. The van der Waals surface area contributed by atoms with E-state index in [1.54, 1.807) is 0 Å². The zero-order chi connectivity index (χ0) is 19.7. The van der Waals surface area contributed by atoms with Crippen LogP contribution in [0.25, 0.3) is 0 Å². The molecule has 3 atom stereocenters. The monoisotopic (exact) mass is 404 g/mol. The molecule has 2 aromatic rings. The van der Waals surface area contributed by atoms with Gasteiger partial charge in [0.2, 0.25) is 0 Å². The Hall–Kier alpha value is -2.12. The van der Waals surface area contributed by atoms with Gasteiger partial charge in [-0.2, -0.15) is 0 Å². The van der Waals surface area contributed by atoms with E-state index in [-0.39, 0.29) is 18.6 Å². The van der Waals surface area contributed by atoms with Crippen molar-refractivity contribution in [2.45, 2.75) is 25.0 Å². The van der Waals surface area contributed by atoms with E-state index in [1.807, 2.05) is 31.2 Å². The molecule has 0 amide bonds. The quantitative estimate of drug-likeness (QED) is 0.821. The van der Waals surface area contributed by atoms with Crippen LogP contribution in [0.3, 0.4) is 0 Å². The van der Waals surface area contributed by atoms with Crippen molar-refractivity contribution in [1.82, 2.24) is 0 Å². The van der Waals surface area contributed by atoms with Gasteiger partial charge in [-0.25, -0.2) is 13.8 Å². The van der Waals surface area contributed by atoms with Crippen LogP contribution in [0, 0.1) is 17.6 Å². The van der Waals surface area contributed by atoms with E-state index >= 15 is 0 Å². The summed E-state index contributed by atoms with van der Waals surface area (Å²) in [4.78, 5) is 4.61. The van der Waals surface area contributed by atoms with Crippen LogP contribution in [-0.4, -0.2) is 24.1 Å². The summed E-state index contributed by atoms with van der Waals surface area (Å²) in [5.41, 5.74) is 6.45. The molecular weight excluding hydrogens is 382 g/mol. The predicted molar refractivity (Wildman–Crippen MR) is 107 cm³/mol. The first-order chi connectivity index (χ1) is 13.5. The molecule has 0 radical (unpaired) electrons. The first kappa shape index (κ1) is 19.2. The lowest BCUT2D eigenvalue weighted by atomic mass is 9.74. The Morgan fingerprint density at radius 2 is 2.04 bits per heavy atom. The Kier molecular flexibility index (Phi) is 5.29. The molecule has 28 heavy (non-hydrogen) atoms. The molecule has 4 rings (SSSR count). The lowest BCUT2D eigenvalue weighted by Crippen LogP contribution is -2.48. The highest BCUT2D eigenvalue weighted by molar-refractivity contribution is 8.13. The van der Waals surface area contributed by atoms with Crippen molar-refractivity contribution in [2.75, 3.05) is 19.0 Å². The van der Waals surface area contributed by atoms with Crippen LogP contribution in [0.4, 0.5) is 8.78 Å². The molecule has 0 saturated carbocycles. The molecule has 148 valence electrons. The molecule has 1 saturated heterocycles. The number of hydrogen-bond acceptors (Lipinski definition) is 5. The third-order valence-electron chi connectivity index (χ3n) is 5.38. The number of ether oxygens (including phenoxy) is 2. The lowest BCUT2D eigenvalue weighted by molar-refractivity contribution is -0.0588. The Morgan fingerprint density at radius 3 is 2.75 bits per heavy atom. The van der Waals surface area contributed by atoms with Crippen LogP contribution < -0.4 is 10.5 Å². The third kappa shape index (κ3) is 3.49. The molecule has 7 heteroatoms. The van der Waals surface area contributed by atoms with Crippen molar-refractivity contribution >= 4 is 16.9 Å². The van der Waals surface area contributed by atoms with Crippen molar-refractivity contribution in [2.24, 2.45) is 16.6 Å². The highest BCUT2D eigenvalue weighted by Gasteiger charge is 2.49. The fourth-order valence-electron chi connectivity index (χ4n) is 3.99. The Morgan fingerprint density at radius 1 is 1.25 bits per heavy atom. The SMILES string of the molecule is CCOc1ccc([C@H]2C[C@H]3CSC(N)=N[C@@]3(c3ccc(F)cc3F)CO2)cc1. The predicted octanol–water partition coefficient (Wildman–Crippen LogP) is 4.40. The number of halogens is 2. The highest BCUT2D eigenvalue weighted by atomic mass is 32.2. The summed E-state index contributed by atoms with van der Waals surface area (Å²) in [6.07, 6.45) is 0.557. The van der Waals surface area contributed by atoms with Gasteiger partial charge >= 0.3 is 0 Å². The summed E-state index contributed by atoms with van der Waals surface area (Å²) in [7, 11) is 0. The van der Waals surface area contributed by atoms with Crippen molar-refractivity contribution in [3.8, 4) is 5.75 Å². The van der Waals surface area contributed by atoms with Crippen LogP contribution >= 0.6 is 11.8 Å². The number of nitrogens with two attached hydrogens (primary N) is 1. The Balaban J connectivity index is 1.64. The van der Waals surface area contributed by atoms with Gasteiger partial charge in [0.1, 0.15) is 22.9 Å². The molecule has 0 aromatic heterocycles. The van der Waals surface area contributed by atoms with Crippen LogP contribution in [0.15, 0.2) is 47.5 Å². The number of hydrogen-bond donors (Lipinski definition) is 1. The van der Waals surface area contributed by atoms with Crippen LogP contribution in [-0.2, 0) is 10.3 Å². The Bertz CT molecular complexity index is 890.